The molecule has 3 heterocycles. The minimum atomic E-state index is -0.363. The Bertz CT molecular complexity index is 1390. The van der Waals surface area contributed by atoms with Crippen LogP contribution in [0.3, 0.4) is 0 Å². The van der Waals surface area contributed by atoms with E-state index in [0.29, 0.717) is 22.8 Å². The molecule has 10 nitrogen and oxygen atoms in total. The molecule has 1 aliphatic carbocycles. The maximum atomic E-state index is 12.6. The van der Waals surface area contributed by atoms with Crippen LogP contribution in [0.4, 0.5) is 11.6 Å². The summed E-state index contributed by atoms with van der Waals surface area (Å²) >= 11 is 6.03. The number of aryl methyl sites for hydroxylation is 2. The van der Waals surface area contributed by atoms with Gasteiger partial charge in [0.25, 0.3) is 5.91 Å². The molecule has 1 aliphatic rings. The van der Waals surface area contributed by atoms with E-state index in [-0.39, 0.29) is 34.4 Å². The van der Waals surface area contributed by atoms with E-state index in [2.05, 4.69) is 25.8 Å². The van der Waals surface area contributed by atoms with Crippen LogP contribution in [-0.2, 0) is 11.8 Å². The Morgan fingerprint density at radius 2 is 1.88 bits per heavy atom. The Morgan fingerprint density at radius 1 is 1.09 bits per heavy atom. The van der Waals surface area contributed by atoms with Crippen LogP contribution in [0.25, 0.3) is 5.65 Å². The Balaban J connectivity index is 1.32. The number of hydrogen-bond acceptors (Lipinski definition) is 6. The van der Waals surface area contributed by atoms with Crippen molar-refractivity contribution in [2.75, 3.05) is 10.6 Å². The fraction of sp³-hybridized carbons (Fsp3) is 0.227. The predicted molar refractivity (Wildman–Crippen MR) is 122 cm³/mol. The van der Waals surface area contributed by atoms with Gasteiger partial charge in [-0.1, -0.05) is 17.7 Å². The lowest BCUT2D eigenvalue weighted by Crippen LogP contribution is -2.14. The molecule has 0 aliphatic heterocycles. The Hall–Kier alpha value is -3.92. The summed E-state index contributed by atoms with van der Waals surface area (Å²) in [4.78, 5) is 28.8. The topological polar surface area (TPSA) is 115 Å². The molecule has 3 aromatic heterocycles. The molecule has 0 atom stereocenters. The summed E-state index contributed by atoms with van der Waals surface area (Å²) in [7, 11) is 1.69. The molecule has 4 aromatic rings. The molecule has 1 aromatic carbocycles. The monoisotopic (exact) mass is 465 g/mol. The molecule has 0 saturated heterocycles. The van der Waals surface area contributed by atoms with Gasteiger partial charge in [0.2, 0.25) is 11.9 Å². The van der Waals surface area contributed by atoms with Crippen molar-refractivity contribution < 1.29 is 14.3 Å². The highest BCUT2D eigenvalue weighted by Gasteiger charge is 2.30. The molecular formula is C22H20ClN7O3. The lowest BCUT2D eigenvalue weighted by Gasteiger charge is -2.11. The van der Waals surface area contributed by atoms with Crippen molar-refractivity contribution in [3.05, 3.63) is 59.0 Å². The van der Waals surface area contributed by atoms with Crippen molar-refractivity contribution in [2.45, 2.75) is 19.8 Å². The van der Waals surface area contributed by atoms with Gasteiger partial charge in [0.1, 0.15) is 11.5 Å². The summed E-state index contributed by atoms with van der Waals surface area (Å²) in [5.41, 5.74) is 2.31. The van der Waals surface area contributed by atoms with E-state index in [4.69, 9.17) is 16.3 Å². The maximum Gasteiger partial charge on any atom is 0.260 e. The van der Waals surface area contributed by atoms with Gasteiger partial charge in [0, 0.05) is 30.9 Å². The molecule has 1 fully saturated rings. The van der Waals surface area contributed by atoms with E-state index in [9.17, 15) is 9.59 Å². The van der Waals surface area contributed by atoms with Gasteiger partial charge >= 0.3 is 0 Å². The second kappa shape index (κ2) is 8.21. The number of halogens is 1. The SMILES string of the molecule is Cc1ccc(Oc2ccc3nc(NC(=O)C4CC4)nn3c2)cc1NC(=O)c1cn(C)nc1Cl. The van der Waals surface area contributed by atoms with Crippen molar-refractivity contribution in [1.29, 1.82) is 0 Å². The van der Waals surface area contributed by atoms with Crippen molar-refractivity contribution in [3.8, 4) is 11.5 Å². The van der Waals surface area contributed by atoms with Crippen molar-refractivity contribution in [3.63, 3.8) is 0 Å². The van der Waals surface area contributed by atoms with E-state index in [1.54, 1.807) is 48.2 Å². The smallest absolute Gasteiger partial charge is 0.260 e. The molecule has 1 saturated carbocycles. The average Bonchev–Trinajstić information content (AvgIpc) is 3.46. The highest BCUT2D eigenvalue weighted by Crippen LogP contribution is 2.30. The largest absolute Gasteiger partial charge is 0.456 e. The Labute approximate surface area is 193 Å². The summed E-state index contributed by atoms with van der Waals surface area (Å²) in [6, 6.07) is 8.87. The summed E-state index contributed by atoms with van der Waals surface area (Å²) in [5, 5.41) is 14.0. The van der Waals surface area contributed by atoms with Gasteiger partial charge in [-0.2, -0.15) is 10.1 Å². The third-order valence-electron chi connectivity index (χ3n) is 5.21. The zero-order valence-corrected chi connectivity index (χ0v) is 18.6. The number of ether oxygens (including phenoxy) is 1. The summed E-state index contributed by atoms with van der Waals surface area (Å²) in [6.45, 7) is 1.88. The number of nitrogens with zero attached hydrogens (tertiary/aromatic N) is 5. The first-order chi connectivity index (χ1) is 15.9. The van der Waals surface area contributed by atoms with Crippen molar-refractivity contribution in [2.24, 2.45) is 13.0 Å². The number of anilines is 2. The highest BCUT2D eigenvalue weighted by molar-refractivity contribution is 6.33. The molecule has 2 amide bonds. The number of amides is 2. The molecule has 168 valence electrons. The van der Waals surface area contributed by atoms with Crippen molar-refractivity contribution in [1.82, 2.24) is 24.4 Å². The van der Waals surface area contributed by atoms with E-state index in [1.807, 2.05) is 13.0 Å². The summed E-state index contributed by atoms with van der Waals surface area (Å²) in [5.74, 6) is 0.959. The van der Waals surface area contributed by atoms with Crippen LogP contribution in [0, 0.1) is 12.8 Å². The predicted octanol–water partition coefficient (Wildman–Crippen LogP) is 3.82. The second-order valence-electron chi connectivity index (χ2n) is 7.91. The average molecular weight is 466 g/mol. The van der Waals surface area contributed by atoms with E-state index < -0.39 is 0 Å². The van der Waals surface area contributed by atoms with Crippen LogP contribution in [-0.4, -0.2) is 36.2 Å². The first kappa shape index (κ1) is 21.0. The molecule has 5 rings (SSSR count). The zero-order chi connectivity index (χ0) is 23.1. The van der Waals surface area contributed by atoms with Crippen LogP contribution < -0.4 is 15.4 Å². The number of pyridine rings is 1. The molecule has 33 heavy (non-hydrogen) atoms. The summed E-state index contributed by atoms with van der Waals surface area (Å²) < 4.78 is 8.99. The minimum absolute atomic E-state index is 0.0517. The van der Waals surface area contributed by atoms with Crippen LogP contribution in [0.1, 0.15) is 28.8 Å². The van der Waals surface area contributed by atoms with Crippen LogP contribution in [0.15, 0.2) is 42.7 Å². The number of rotatable bonds is 6. The maximum absolute atomic E-state index is 12.6. The molecular weight excluding hydrogens is 446 g/mol. The summed E-state index contributed by atoms with van der Waals surface area (Å²) in [6.07, 6.45) is 5.04. The molecule has 0 radical (unpaired) electrons. The van der Waals surface area contributed by atoms with Crippen molar-refractivity contribution >= 4 is 40.7 Å². The Kier molecular flexibility index (Phi) is 5.21. The molecule has 0 bridgehead atoms. The van der Waals surface area contributed by atoms with Crippen LogP contribution >= 0.6 is 11.6 Å². The van der Waals surface area contributed by atoms with Gasteiger partial charge in [-0.05, 0) is 43.5 Å². The van der Waals surface area contributed by atoms with Gasteiger partial charge in [0.05, 0.1) is 11.8 Å². The van der Waals surface area contributed by atoms with Crippen LogP contribution in [0.5, 0.6) is 11.5 Å². The highest BCUT2D eigenvalue weighted by atomic mass is 35.5. The van der Waals surface area contributed by atoms with Gasteiger partial charge in [-0.15, -0.1) is 5.10 Å². The third-order valence-corrected chi connectivity index (χ3v) is 5.49. The number of fused-ring (bicyclic) bond motifs is 1. The van der Waals surface area contributed by atoms with E-state index in [1.165, 1.54) is 4.68 Å². The lowest BCUT2D eigenvalue weighted by atomic mass is 10.2. The van der Waals surface area contributed by atoms with Gasteiger partial charge in [-0.3, -0.25) is 19.6 Å². The van der Waals surface area contributed by atoms with Gasteiger partial charge in [-0.25, -0.2) is 4.52 Å². The normalized spacial score (nSPS) is 13.2. The lowest BCUT2D eigenvalue weighted by molar-refractivity contribution is -0.117. The minimum Gasteiger partial charge on any atom is -0.456 e. The van der Waals surface area contributed by atoms with E-state index >= 15 is 0 Å². The van der Waals surface area contributed by atoms with Gasteiger partial charge in [0.15, 0.2) is 10.8 Å². The van der Waals surface area contributed by atoms with Gasteiger partial charge < -0.3 is 10.1 Å². The number of benzene rings is 1. The number of aromatic nitrogens is 5. The van der Waals surface area contributed by atoms with E-state index in [0.717, 1.165) is 18.4 Å². The number of hydrogen-bond donors (Lipinski definition) is 2. The first-order valence-electron chi connectivity index (χ1n) is 10.3. The fourth-order valence-electron chi connectivity index (χ4n) is 3.27. The standard InChI is InChI=1S/C22H20ClN7O3/c1-12-3-6-14(9-17(12)24-21(32)16-11-29(2)27-19(16)23)33-15-7-8-18-25-22(28-30(18)10-15)26-20(31)13-4-5-13/h3,6-11,13H,4-5H2,1-2H3,(H,24,32)(H,26,28,31). The zero-order valence-electron chi connectivity index (χ0n) is 17.9. The Morgan fingerprint density at radius 3 is 2.61 bits per heavy atom. The number of carbonyl (C=O) groups excluding carboxylic acids is 2. The second-order valence-corrected chi connectivity index (χ2v) is 8.26. The molecule has 0 unspecified atom stereocenters. The molecule has 0 spiro atoms. The number of carbonyl (C=O) groups is 2. The quantitative estimate of drug-likeness (QED) is 0.447. The molecule has 11 heteroatoms. The third kappa shape index (κ3) is 4.51. The molecule has 2 N–H and O–H groups in total. The van der Waals surface area contributed by atoms with Crippen LogP contribution in [0.2, 0.25) is 5.15 Å². The number of nitrogens with one attached hydrogen (secondary N) is 2. The first-order valence-corrected chi connectivity index (χ1v) is 10.7. The fourth-order valence-corrected chi connectivity index (χ4v) is 3.53.